The third-order valence-electron chi connectivity index (χ3n) is 9.63. The molecule has 0 aliphatic carbocycles. The van der Waals surface area contributed by atoms with E-state index in [1.807, 2.05) is 12.1 Å². The van der Waals surface area contributed by atoms with Crippen molar-refractivity contribution in [3.8, 4) is 22.3 Å². The number of nitrogens with zero attached hydrogens (tertiary/aromatic N) is 1. The Labute approximate surface area is 282 Å². The average molecular weight is 628 g/mol. The second kappa shape index (κ2) is 11.0. The molecule has 49 heavy (non-hydrogen) atoms. The fraction of sp³-hybridized carbons (Fsp3) is 0. The van der Waals surface area contributed by atoms with Crippen LogP contribution in [0, 0.1) is 0 Å². The molecule has 8 aromatic carbocycles. The van der Waals surface area contributed by atoms with E-state index >= 15 is 0 Å². The van der Waals surface area contributed by atoms with Gasteiger partial charge in [-0.05, 0) is 88.3 Å². The molecule has 0 bridgehead atoms. The highest BCUT2D eigenvalue weighted by atomic mass is 16.3. The summed E-state index contributed by atoms with van der Waals surface area (Å²) in [4.78, 5) is 2.35. The lowest BCUT2D eigenvalue weighted by Crippen LogP contribution is -2.10. The summed E-state index contributed by atoms with van der Waals surface area (Å²) in [6.45, 7) is 0. The lowest BCUT2D eigenvalue weighted by Gasteiger charge is -2.26. The molecule has 3 heteroatoms. The summed E-state index contributed by atoms with van der Waals surface area (Å²) in [6, 6.07) is 62.1. The van der Waals surface area contributed by atoms with Gasteiger partial charge < -0.3 is 13.7 Å². The largest absolute Gasteiger partial charge is 0.456 e. The minimum absolute atomic E-state index is 0.878. The van der Waals surface area contributed by atoms with Crippen LogP contribution in [0.3, 0.4) is 0 Å². The Hall–Kier alpha value is -6.58. The van der Waals surface area contributed by atoms with Gasteiger partial charge in [-0.3, -0.25) is 0 Å². The van der Waals surface area contributed by atoms with E-state index in [0.717, 1.165) is 83.0 Å². The van der Waals surface area contributed by atoms with E-state index in [-0.39, 0.29) is 0 Å². The number of anilines is 3. The van der Waals surface area contributed by atoms with E-state index in [0.29, 0.717) is 0 Å². The summed E-state index contributed by atoms with van der Waals surface area (Å²) in [5, 5.41) is 6.76. The molecule has 0 amide bonds. The van der Waals surface area contributed by atoms with Gasteiger partial charge in [-0.25, -0.2) is 0 Å². The molecule has 230 valence electrons. The summed E-state index contributed by atoms with van der Waals surface area (Å²) >= 11 is 0. The molecule has 10 aromatic rings. The van der Waals surface area contributed by atoms with Gasteiger partial charge >= 0.3 is 0 Å². The molecular weight excluding hydrogens is 599 g/mol. The van der Waals surface area contributed by atoms with Gasteiger partial charge in [-0.1, -0.05) is 115 Å². The molecule has 0 atom stereocenters. The molecule has 0 N–H and O–H groups in total. The smallest absolute Gasteiger partial charge is 0.143 e. The van der Waals surface area contributed by atoms with E-state index in [9.17, 15) is 0 Å². The maximum Gasteiger partial charge on any atom is 0.143 e. The topological polar surface area (TPSA) is 29.5 Å². The van der Waals surface area contributed by atoms with Gasteiger partial charge in [0.25, 0.3) is 0 Å². The zero-order valence-corrected chi connectivity index (χ0v) is 26.5. The van der Waals surface area contributed by atoms with Gasteiger partial charge in [-0.2, -0.15) is 0 Å². The van der Waals surface area contributed by atoms with Crippen molar-refractivity contribution in [3.63, 3.8) is 0 Å². The van der Waals surface area contributed by atoms with E-state index in [1.165, 1.54) is 10.9 Å². The molecular formula is C46H29NO2. The Balaban J connectivity index is 1.18. The fourth-order valence-corrected chi connectivity index (χ4v) is 7.36. The van der Waals surface area contributed by atoms with E-state index in [4.69, 9.17) is 8.83 Å². The van der Waals surface area contributed by atoms with Crippen LogP contribution >= 0.6 is 0 Å². The van der Waals surface area contributed by atoms with Crippen LogP contribution in [0.1, 0.15) is 0 Å². The molecule has 0 saturated heterocycles. The Morgan fingerprint density at radius 2 is 1.00 bits per heavy atom. The molecule has 10 rings (SSSR count). The highest BCUT2D eigenvalue weighted by Gasteiger charge is 2.19. The quantitative estimate of drug-likeness (QED) is 0.190. The zero-order valence-electron chi connectivity index (χ0n) is 26.5. The van der Waals surface area contributed by atoms with Crippen molar-refractivity contribution in [1.82, 2.24) is 0 Å². The summed E-state index contributed by atoms with van der Waals surface area (Å²) in [7, 11) is 0. The highest BCUT2D eigenvalue weighted by molar-refractivity contribution is 6.19. The second-order valence-corrected chi connectivity index (χ2v) is 12.5. The number of hydrogen-bond acceptors (Lipinski definition) is 3. The second-order valence-electron chi connectivity index (χ2n) is 12.5. The number of furan rings is 2. The lowest BCUT2D eigenvalue weighted by molar-refractivity contribution is 0.669. The standard InChI is InChI=1S/C46H29NO2/c1-2-11-30(12-3-1)32-14-8-16-34(27-32)47(36-24-26-43-41(29-36)39-19-6-7-21-42(39)48-43)35-17-9-15-33(28-35)37-20-10-22-44-45(37)40-25-23-31-13-4-5-18-38(31)46(40)49-44/h1-29H. The number of fused-ring (bicyclic) bond motifs is 8. The Morgan fingerprint density at radius 3 is 1.88 bits per heavy atom. The van der Waals surface area contributed by atoms with Crippen molar-refractivity contribution in [2.24, 2.45) is 0 Å². The molecule has 0 radical (unpaired) electrons. The minimum Gasteiger partial charge on any atom is -0.456 e. The molecule has 0 aliphatic heterocycles. The normalized spacial score (nSPS) is 11.7. The summed E-state index contributed by atoms with van der Waals surface area (Å²) in [5.41, 5.74) is 11.4. The third kappa shape index (κ3) is 4.51. The summed E-state index contributed by atoms with van der Waals surface area (Å²) in [6.07, 6.45) is 0. The monoisotopic (exact) mass is 627 g/mol. The predicted molar refractivity (Wildman–Crippen MR) is 204 cm³/mol. The van der Waals surface area contributed by atoms with Crippen LogP contribution in [0.5, 0.6) is 0 Å². The fourth-order valence-electron chi connectivity index (χ4n) is 7.36. The van der Waals surface area contributed by atoms with Gasteiger partial charge in [0.1, 0.15) is 22.3 Å². The van der Waals surface area contributed by atoms with Crippen LogP contribution in [0.25, 0.3) is 76.9 Å². The molecule has 3 nitrogen and oxygen atoms in total. The van der Waals surface area contributed by atoms with Crippen molar-refractivity contribution < 1.29 is 8.83 Å². The highest BCUT2D eigenvalue weighted by Crippen LogP contribution is 2.43. The molecule has 2 heterocycles. The van der Waals surface area contributed by atoms with Gasteiger partial charge in [0.2, 0.25) is 0 Å². The van der Waals surface area contributed by atoms with Crippen molar-refractivity contribution in [2.45, 2.75) is 0 Å². The van der Waals surface area contributed by atoms with Crippen LogP contribution in [0.2, 0.25) is 0 Å². The van der Waals surface area contributed by atoms with Crippen LogP contribution in [0.4, 0.5) is 17.1 Å². The van der Waals surface area contributed by atoms with Crippen LogP contribution in [-0.2, 0) is 0 Å². The number of para-hydroxylation sites is 1. The van der Waals surface area contributed by atoms with Gasteiger partial charge in [0, 0.05) is 44.0 Å². The van der Waals surface area contributed by atoms with E-state index in [2.05, 4.69) is 169 Å². The lowest BCUT2D eigenvalue weighted by atomic mass is 9.97. The van der Waals surface area contributed by atoms with Crippen molar-refractivity contribution >= 4 is 71.7 Å². The van der Waals surface area contributed by atoms with Gasteiger partial charge in [0.15, 0.2) is 0 Å². The summed E-state index contributed by atoms with van der Waals surface area (Å²) < 4.78 is 12.8. The first kappa shape index (κ1) is 27.5. The first-order valence-corrected chi connectivity index (χ1v) is 16.6. The summed E-state index contributed by atoms with van der Waals surface area (Å²) in [5.74, 6) is 0. The maximum absolute atomic E-state index is 6.55. The Bertz CT molecular complexity index is 2840. The molecule has 0 aliphatic rings. The van der Waals surface area contributed by atoms with Crippen molar-refractivity contribution in [3.05, 3.63) is 176 Å². The van der Waals surface area contributed by atoms with E-state index in [1.54, 1.807) is 0 Å². The zero-order chi connectivity index (χ0) is 32.3. The number of hydrogen-bond donors (Lipinski definition) is 0. The predicted octanol–water partition coefficient (Wildman–Crippen LogP) is 13.4. The molecule has 0 saturated carbocycles. The van der Waals surface area contributed by atoms with E-state index < -0.39 is 0 Å². The maximum atomic E-state index is 6.55. The molecule has 0 spiro atoms. The first-order chi connectivity index (χ1) is 24.3. The van der Waals surface area contributed by atoms with Crippen LogP contribution < -0.4 is 4.90 Å². The number of benzene rings is 8. The average Bonchev–Trinajstić information content (AvgIpc) is 3.74. The molecule has 0 unspecified atom stereocenters. The Morgan fingerprint density at radius 1 is 0.347 bits per heavy atom. The van der Waals surface area contributed by atoms with Crippen molar-refractivity contribution in [2.75, 3.05) is 4.90 Å². The van der Waals surface area contributed by atoms with Gasteiger partial charge in [0.05, 0.1) is 0 Å². The Kier molecular flexibility index (Phi) is 6.18. The first-order valence-electron chi connectivity index (χ1n) is 16.6. The minimum atomic E-state index is 0.878. The third-order valence-corrected chi connectivity index (χ3v) is 9.63. The van der Waals surface area contributed by atoms with Crippen LogP contribution in [-0.4, -0.2) is 0 Å². The number of rotatable bonds is 5. The van der Waals surface area contributed by atoms with Crippen LogP contribution in [0.15, 0.2) is 185 Å². The van der Waals surface area contributed by atoms with Crippen molar-refractivity contribution in [1.29, 1.82) is 0 Å². The molecule has 0 fully saturated rings. The SMILES string of the molecule is c1ccc(-c2cccc(N(c3cccc(-c4cccc5oc6c7ccccc7ccc6c45)c3)c3ccc4oc5ccccc5c4c3)c2)cc1. The molecule has 2 aromatic heterocycles. The van der Waals surface area contributed by atoms with Gasteiger partial charge in [-0.15, -0.1) is 0 Å².